The van der Waals surface area contributed by atoms with Crippen LogP contribution in [0, 0.1) is 6.92 Å². The maximum Gasteiger partial charge on any atom is 0.240 e. The van der Waals surface area contributed by atoms with Gasteiger partial charge in [-0.2, -0.15) is 0 Å². The molecule has 0 amide bonds. The summed E-state index contributed by atoms with van der Waals surface area (Å²) in [5.74, 6) is 0.892. The first-order chi connectivity index (χ1) is 18.2. The summed E-state index contributed by atoms with van der Waals surface area (Å²) in [6.07, 6.45) is 2.78. The molecule has 0 radical (unpaired) electrons. The van der Waals surface area contributed by atoms with Crippen molar-refractivity contribution >= 4 is 16.0 Å². The predicted octanol–water partition coefficient (Wildman–Crippen LogP) is 2.93. The van der Waals surface area contributed by atoms with Crippen LogP contribution in [0.3, 0.4) is 0 Å². The molecule has 38 heavy (non-hydrogen) atoms. The van der Waals surface area contributed by atoms with Crippen molar-refractivity contribution in [3.05, 3.63) is 42.0 Å². The standard InChI is InChI=1S/C24H35N7O6S/c1-7-12-37-21(22-25-14-16(2)15-26-22)17(3)38(32,33)30-24-29-28-23(18-9-8-10-19(27-18)35-5)31(24)20(36-6)11-13-34-4/h8-10,14-15,17,20-21H,7,11-13H2,1-6H3,(H,29,30)/t17-,20?,21+/m0/s1. The van der Waals surface area contributed by atoms with E-state index in [0.717, 1.165) is 5.56 Å². The second-order valence-corrected chi connectivity index (χ2v) is 10.6. The van der Waals surface area contributed by atoms with Crippen LogP contribution in [-0.2, 0) is 24.2 Å². The number of aryl methyl sites for hydroxylation is 1. The number of rotatable bonds is 15. The molecular weight excluding hydrogens is 514 g/mol. The molecule has 0 fully saturated rings. The Hall–Kier alpha value is -3.20. The molecule has 3 rings (SSSR count). The number of sulfonamides is 1. The third-order valence-corrected chi connectivity index (χ3v) is 7.39. The molecule has 0 spiro atoms. The Morgan fingerprint density at radius 1 is 1.08 bits per heavy atom. The van der Waals surface area contributed by atoms with Gasteiger partial charge < -0.3 is 18.9 Å². The van der Waals surface area contributed by atoms with Crippen molar-refractivity contribution in [3.63, 3.8) is 0 Å². The number of hydrogen-bond acceptors (Lipinski definition) is 11. The highest BCUT2D eigenvalue weighted by Crippen LogP contribution is 2.30. The van der Waals surface area contributed by atoms with E-state index in [2.05, 4.69) is 29.9 Å². The third-order valence-electron chi connectivity index (χ3n) is 5.69. The number of anilines is 1. The average molecular weight is 550 g/mol. The molecule has 0 saturated heterocycles. The number of ether oxygens (including phenoxy) is 4. The second kappa shape index (κ2) is 13.6. The van der Waals surface area contributed by atoms with Gasteiger partial charge in [-0.1, -0.05) is 13.0 Å². The van der Waals surface area contributed by atoms with Crippen molar-refractivity contribution in [2.24, 2.45) is 0 Å². The first-order valence-electron chi connectivity index (χ1n) is 12.2. The van der Waals surface area contributed by atoms with Crippen molar-refractivity contribution in [1.29, 1.82) is 0 Å². The number of nitrogens with zero attached hydrogens (tertiary/aromatic N) is 6. The first-order valence-corrected chi connectivity index (χ1v) is 13.7. The monoisotopic (exact) mass is 549 g/mol. The minimum absolute atomic E-state index is 0.0431. The molecule has 3 atom stereocenters. The van der Waals surface area contributed by atoms with Gasteiger partial charge in [0.1, 0.15) is 23.3 Å². The van der Waals surface area contributed by atoms with Gasteiger partial charge in [0, 0.05) is 45.7 Å². The number of methoxy groups -OCH3 is 3. The van der Waals surface area contributed by atoms with Gasteiger partial charge in [-0.05, 0) is 31.9 Å². The smallest absolute Gasteiger partial charge is 0.240 e. The Balaban J connectivity index is 2.02. The summed E-state index contributed by atoms with van der Waals surface area (Å²) in [7, 11) is 0.500. The van der Waals surface area contributed by atoms with Gasteiger partial charge in [-0.3, -0.25) is 9.29 Å². The van der Waals surface area contributed by atoms with E-state index in [1.54, 1.807) is 37.7 Å². The molecule has 1 unspecified atom stereocenters. The topological polar surface area (TPSA) is 152 Å². The molecule has 3 aromatic rings. The summed E-state index contributed by atoms with van der Waals surface area (Å²) in [6, 6.07) is 5.16. The molecule has 0 aliphatic heterocycles. The van der Waals surface area contributed by atoms with E-state index in [1.807, 2.05) is 13.8 Å². The fourth-order valence-electron chi connectivity index (χ4n) is 3.63. The molecule has 0 saturated carbocycles. The number of pyridine rings is 1. The summed E-state index contributed by atoms with van der Waals surface area (Å²) in [5, 5.41) is 7.31. The maximum absolute atomic E-state index is 13.6. The quantitative estimate of drug-likeness (QED) is 0.298. The molecule has 3 heterocycles. The summed E-state index contributed by atoms with van der Waals surface area (Å²) < 4.78 is 53.4. The molecule has 13 nitrogen and oxygen atoms in total. The minimum atomic E-state index is -4.08. The van der Waals surface area contributed by atoms with E-state index in [4.69, 9.17) is 18.9 Å². The van der Waals surface area contributed by atoms with Crippen LogP contribution in [0.2, 0.25) is 0 Å². The number of nitrogens with one attached hydrogen (secondary N) is 1. The third kappa shape index (κ3) is 7.01. The Kier molecular flexibility index (Phi) is 10.5. The molecule has 0 aliphatic rings. The Morgan fingerprint density at radius 2 is 1.82 bits per heavy atom. The van der Waals surface area contributed by atoms with Crippen LogP contribution in [0.5, 0.6) is 5.88 Å². The van der Waals surface area contributed by atoms with E-state index < -0.39 is 27.6 Å². The van der Waals surface area contributed by atoms with Crippen molar-refractivity contribution in [2.75, 3.05) is 39.3 Å². The van der Waals surface area contributed by atoms with Gasteiger partial charge in [-0.15, -0.1) is 10.2 Å². The van der Waals surface area contributed by atoms with Crippen LogP contribution < -0.4 is 9.46 Å². The molecule has 208 valence electrons. The molecule has 3 aromatic heterocycles. The van der Waals surface area contributed by atoms with Gasteiger partial charge >= 0.3 is 0 Å². The van der Waals surface area contributed by atoms with Gasteiger partial charge in [0.05, 0.1) is 13.7 Å². The zero-order valence-corrected chi connectivity index (χ0v) is 23.3. The lowest BCUT2D eigenvalue weighted by molar-refractivity contribution is 0.0189. The Morgan fingerprint density at radius 3 is 2.45 bits per heavy atom. The lowest BCUT2D eigenvalue weighted by Gasteiger charge is -2.25. The lowest BCUT2D eigenvalue weighted by atomic mass is 10.2. The lowest BCUT2D eigenvalue weighted by Crippen LogP contribution is -2.34. The van der Waals surface area contributed by atoms with E-state index in [1.165, 1.54) is 25.7 Å². The molecule has 14 heteroatoms. The van der Waals surface area contributed by atoms with Gasteiger partial charge in [-0.25, -0.2) is 23.4 Å². The van der Waals surface area contributed by atoms with Crippen LogP contribution >= 0.6 is 0 Å². The van der Waals surface area contributed by atoms with Crippen LogP contribution in [-0.4, -0.2) is 77.9 Å². The minimum Gasteiger partial charge on any atom is -0.481 e. The summed E-state index contributed by atoms with van der Waals surface area (Å²) in [5.41, 5.74) is 1.28. The van der Waals surface area contributed by atoms with Crippen LogP contribution in [0.4, 0.5) is 5.95 Å². The van der Waals surface area contributed by atoms with Crippen molar-refractivity contribution < 1.29 is 27.4 Å². The zero-order valence-electron chi connectivity index (χ0n) is 22.5. The summed E-state index contributed by atoms with van der Waals surface area (Å²) >= 11 is 0. The highest BCUT2D eigenvalue weighted by Gasteiger charge is 2.35. The molecule has 1 N–H and O–H groups in total. The molecule has 0 bridgehead atoms. The van der Waals surface area contributed by atoms with E-state index in [9.17, 15) is 8.42 Å². The van der Waals surface area contributed by atoms with Crippen LogP contribution in [0.1, 0.15) is 50.4 Å². The fraction of sp³-hybridized carbons (Fsp3) is 0.542. The van der Waals surface area contributed by atoms with Gasteiger partial charge in [0.15, 0.2) is 11.6 Å². The predicted molar refractivity (Wildman–Crippen MR) is 140 cm³/mol. The normalized spacial score (nSPS) is 14.2. The van der Waals surface area contributed by atoms with Crippen molar-refractivity contribution in [2.45, 2.75) is 51.2 Å². The number of hydrogen-bond donors (Lipinski definition) is 1. The second-order valence-electron chi connectivity index (χ2n) is 8.52. The Labute approximate surface area is 223 Å². The van der Waals surface area contributed by atoms with Crippen LogP contribution in [0.25, 0.3) is 11.5 Å². The largest absolute Gasteiger partial charge is 0.481 e. The molecular formula is C24H35N7O6S. The van der Waals surface area contributed by atoms with E-state index in [-0.39, 0.29) is 17.6 Å². The van der Waals surface area contributed by atoms with E-state index >= 15 is 0 Å². The zero-order chi connectivity index (χ0) is 27.7. The van der Waals surface area contributed by atoms with Gasteiger partial charge in [0.2, 0.25) is 21.9 Å². The highest BCUT2D eigenvalue weighted by atomic mass is 32.2. The number of aromatic nitrogens is 6. The SMILES string of the molecule is CCCO[C@@H](c1ncc(C)cn1)[C@H](C)S(=O)(=O)Nc1nnc(-c2cccc(OC)n2)n1C(CCOC)OC. The van der Waals surface area contributed by atoms with Crippen LogP contribution in [0.15, 0.2) is 30.6 Å². The van der Waals surface area contributed by atoms with Gasteiger partial charge in [0.25, 0.3) is 0 Å². The average Bonchev–Trinajstić information content (AvgIpc) is 3.32. The fourth-order valence-corrected chi connectivity index (χ4v) is 4.73. The van der Waals surface area contributed by atoms with E-state index in [0.29, 0.717) is 37.6 Å². The Bertz CT molecular complexity index is 1270. The molecule has 0 aromatic carbocycles. The first kappa shape index (κ1) is 29.4. The maximum atomic E-state index is 13.6. The summed E-state index contributed by atoms with van der Waals surface area (Å²) in [6.45, 7) is 6.01. The van der Waals surface area contributed by atoms with Crippen molar-refractivity contribution in [1.82, 2.24) is 29.7 Å². The highest BCUT2D eigenvalue weighted by molar-refractivity contribution is 7.93. The molecule has 0 aliphatic carbocycles. The summed E-state index contributed by atoms with van der Waals surface area (Å²) in [4.78, 5) is 13.0. The van der Waals surface area contributed by atoms with Crippen molar-refractivity contribution in [3.8, 4) is 17.4 Å².